The second-order valence-electron chi connectivity index (χ2n) is 4.66. The molecule has 0 radical (unpaired) electrons. The number of amides is 1. The molecule has 1 aromatic rings. The molecule has 3 heteroatoms. The molecule has 0 atom stereocenters. The summed E-state index contributed by atoms with van der Waals surface area (Å²) in [7, 11) is 1.87. The molecule has 1 amide bonds. The van der Waals surface area contributed by atoms with Crippen LogP contribution >= 0.6 is 0 Å². The smallest absolute Gasteiger partial charge is 0.227 e. The predicted octanol–water partition coefficient (Wildman–Crippen LogP) is 1.88. The third kappa shape index (κ3) is 2.67. The van der Waals surface area contributed by atoms with Crippen LogP contribution in [0.3, 0.4) is 0 Å². The predicted molar refractivity (Wildman–Crippen MR) is 70.2 cm³/mol. The van der Waals surface area contributed by atoms with Gasteiger partial charge in [-0.25, -0.2) is 0 Å². The Morgan fingerprint density at radius 3 is 2.88 bits per heavy atom. The zero-order chi connectivity index (χ0) is 12.3. The maximum atomic E-state index is 11.6. The number of hydrogen-bond acceptors (Lipinski definition) is 2. The van der Waals surface area contributed by atoms with Gasteiger partial charge in [-0.15, -0.1) is 0 Å². The van der Waals surface area contributed by atoms with Gasteiger partial charge in [0.05, 0.1) is 0 Å². The molecule has 0 spiro atoms. The van der Waals surface area contributed by atoms with Crippen molar-refractivity contribution in [3.8, 4) is 0 Å². The summed E-state index contributed by atoms with van der Waals surface area (Å²) in [6, 6.07) is 6.50. The Labute approximate surface area is 103 Å². The molecule has 1 heterocycles. The molecular formula is C14H20N2O. The fourth-order valence-corrected chi connectivity index (χ4v) is 2.31. The molecule has 3 nitrogen and oxygen atoms in total. The summed E-state index contributed by atoms with van der Waals surface area (Å²) in [4.78, 5) is 13.4. The number of aryl methyl sites for hydroxylation is 2. The topological polar surface area (TPSA) is 46.3 Å². The highest BCUT2D eigenvalue weighted by atomic mass is 16.2. The van der Waals surface area contributed by atoms with Crippen LogP contribution in [0.4, 0.5) is 5.69 Å². The van der Waals surface area contributed by atoms with Crippen LogP contribution in [0.2, 0.25) is 0 Å². The largest absolute Gasteiger partial charge is 0.330 e. The van der Waals surface area contributed by atoms with Gasteiger partial charge in [0.1, 0.15) is 0 Å². The molecule has 92 valence electrons. The molecule has 2 N–H and O–H groups in total. The van der Waals surface area contributed by atoms with E-state index in [1.54, 1.807) is 4.90 Å². The first-order valence-electron chi connectivity index (χ1n) is 6.31. The Balaban J connectivity index is 2.14. The van der Waals surface area contributed by atoms with E-state index in [4.69, 9.17) is 5.73 Å². The Morgan fingerprint density at radius 1 is 1.29 bits per heavy atom. The lowest BCUT2D eigenvalue weighted by atomic mass is 9.97. The summed E-state index contributed by atoms with van der Waals surface area (Å²) >= 11 is 0. The number of unbranched alkanes of at least 4 members (excludes halogenated alkanes) is 1. The van der Waals surface area contributed by atoms with Crippen LogP contribution in [0.1, 0.15) is 30.4 Å². The molecule has 2 rings (SSSR count). The maximum absolute atomic E-state index is 11.6. The van der Waals surface area contributed by atoms with Crippen LogP contribution in [-0.2, 0) is 17.6 Å². The number of fused-ring (bicyclic) bond motifs is 1. The molecular weight excluding hydrogens is 212 g/mol. The van der Waals surface area contributed by atoms with Gasteiger partial charge in [-0.3, -0.25) is 4.79 Å². The highest BCUT2D eigenvalue weighted by Gasteiger charge is 2.20. The first kappa shape index (κ1) is 12.1. The number of nitrogens with zero attached hydrogens (tertiary/aromatic N) is 1. The molecule has 0 unspecified atom stereocenters. The molecule has 0 aliphatic carbocycles. The van der Waals surface area contributed by atoms with Crippen LogP contribution in [0.15, 0.2) is 18.2 Å². The van der Waals surface area contributed by atoms with Crippen LogP contribution in [0.25, 0.3) is 0 Å². The van der Waals surface area contributed by atoms with Crippen LogP contribution in [0, 0.1) is 0 Å². The SMILES string of the molecule is CN1C(=O)CCc2ccc(CCCCN)cc21. The molecule has 0 saturated carbocycles. The van der Waals surface area contributed by atoms with Gasteiger partial charge in [-0.1, -0.05) is 12.1 Å². The van der Waals surface area contributed by atoms with Crippen LogP contribution in [0.5, 0.6) is 0 Å². The van der Waals surface area contributed by atoms with Crippen LogP contribution in [-0.4, -0.2) is 19.5 Å². The van der Waals surface area contributed by atoms with Crippen molar-refractivity contribution < 1.29 is 4.79 Å². The van der Waals surface area contributed by atoms with E-state index in [1.807, 2.05) is 7.05 Å². The van der Waals surface area contributed by atoms with E-state index in [1.165, 1.54) is 11.1 Å². The number of benzene rings is 1. The van der Waals surface area contributed by atoms with Gasteiger partial charge in [0.2, 0.25) is 5.91 Å². The molecule has 17 heavy (non-hydrogen) atoms. The van der Waals surface area contributed by atoms with E-state index in [2.05, 4.69) is 18.2 Å². The second-order valence-corrected chi connectivity index (χ2v) is 4.66. The first-order chi connectivity index (χ1) is 8.22. The van der Waals surface area contributed by atoms with E-state index in [9.17, 15) is 4.79 Å². The standard InChI is InChI=1S/C14H20N2O/c1-16-13-10-11(4-2-3-9-15)5-6-12(13)7-8-14(16)17/h5-6,10H,2-4,7-9,15H2,1H3. The van der Waals surface area contributed by atoms with Crippen molar-refractivity contribution in [1.29, 1.82) is 0 Å². The highest BCUT2D eigenvalue weighted by molar-refractivity contribution is 5.95. The first-order valence-corrected chi connectivity index (χ1v) is 6.31. The summed E-state index contributed by atoms with van der Waals surface area (Å²) in [5.41, 5.74) is 9.17. The minimum atomic E-state index is 0.219. The van der Waals surface area contributed by atoms with Gasteiger partial charge in [0.15, 0.2) is 0 Å². The van der Waals surface area contributed by atoms with E-state index < -0.39 is 0 Å². The van der Waals surface area contributed by atoms with Crippen molar-refractivity contribution in [3.05, 3.63) is 29.3 Å². The third-order valence-corrected chi connectivity index (χ3v) is 3.41. The summed E-state index contributed by atoms with van der Waals surface area (Å²) in [5, 5.41) is 0. The lowest BCUT2D eigenvalue weighted by Gasteiger charge is -2.26. The van der Waals surface area contributed by atoms with Gasteiger partial charge >= 0.3 is 0 Å². The molecule has 0 bridgehead atoms. The molecule has 0 saturated heterocycles. The number of carbonyl (C=O) groups excluding carboxylic acids is 1. The highest BCUT2D eigenvalue weighted by Crippen LogP contribution is 2.28. The van der Waals surface area contributed by atoms with Crippen molar-refractivity contribution in [2.45, 2.75) is 32.1 Å². The lowest BCUT2D eigenvalue weighted by Crippen LogP contribution is -2.31. The number of rotatable bonds is 4. The lowest BCUT2D eigenvalue weighted by molar-refractivity contribution is -0.118. The monoisotopic (exact) mass is 232 g/mol. The minimum Gasteiger partial charge on any atom is -0.330 e. The van der Waals surface area contributed by atoms with E-state index in [0.717, 1.165) is 37.9 Å². The number of nitrogens with two attached hydrogens (primary N) is 1. The zero-order valence-corrected chi connectivity index (χ0v) is 10.4. The zero-order valence-electron chi connectivity index (χ0n) is 10.4. The Bertz CT molecular complexity index is 415. The summed E-state index contributed by atoms with van der Waals surface area (Å²) < 4.78 is 0. The van der Waals surface area contributed by atoms with Gasteiger partial charge < -0.3 is 10.6 Å². The van der Waals surface area contributed by atoms with Crippen molar-refractivity contribution in [2.75, 3.05) is 18.5 Å². The average molecular weight is 232 g/mol. The van der Waals surface area contributed by atoms with E-state index in [0.29, 0.717) is 6.42 Å². The fourth-order valence-electron chi connectivity index (χ4n) is 2.31. The normalized spacial score (nSPS) is 14.9. The van der Waals surface area contributed by atoms with Gasteiger partial charge in [-0.05, 0) is 49.4 Å². The Hall–Kier alpha value is -1.35. The van der Waals surface area contributed by atoms with E-state index >= 15 is 0 Å². The molecule has 0 aromatic heterocycles. The summed E-state index contributed by atoms with van der Waals surface area (Å²) in [6.07, 6.45) is 4.74. The average Bonchev–Trinajstić information content (AvgIpc) is 2.35. The summed E-state index contributed by atoms with van der Waals surface area (Å²) in [6.45, 7) is 0.753. The Morgan fingerprint density at radius 2 is 2.12 bits per heavy atom. The Kier molecular flexibility index (Phi) is 3.79. The summed E-state index contributed by atoms with van der Waals surface area (Å²) in [5.74, 6) is 0.219. The van der Waals surface area contributed by atoms with Crippen molar-refractivity contribution >= 4 is 11.6 Å². The third-order valence-electron chi connectivity index (χ3n) is 3.41. The van der Waals surface area contributed by atoms with Crippen molar-refractivity contribution in [2.24, 2.45) is 5.73 Å². The van der Waals surface area contributed by atoms with Gasteiger partial charge in [-0.2, -0.15) is 0 Å². The molecule has 1 aliphatic rings. The minimum absolute atomic E-state index is 0.219. The van der Waals surface area contributed by atoms with Crippen LogP contribution < -0.4 is 10.6 Å². The fraction of sp³-hybridized carbons (Fsp3) is 0.500. The number of carbonyl (C=O) groups is 1. The quantitative estimate of drug-likeness (QED) is 0.806. The maximum Gasteiger partial charge on any atom is 0.227 e. The molecule has 1 aromatic carbocycles. The molecule has 0 fully saturated rings. The second kappa shape index (κ2) is 5.32. The van der Waals surface area contributed by atoms with E-state index in [-0.39, 0.29) is 5.91 Å². The van der Waals surface area contributed by atoms with Crippen molar-refractivity contribution in [3.63, 3.8) is 0 Å². The number of hydrogen-bond donors (Lipinski definition) is 1. The van der Waals surface area contributed by atoms with Gasteiger partial charge in [0.25, 0.3) is 0 Å². The van der Waals surface area contributed by atoms with Gasteiger partial charge in [0, 0.05) is 19.2 Å². The number of anilines is 1. The van der Waals surface area contributed by atoms with Crippen molar-refractivity contribution in [1.82, 2.24) is 0 Å². The molecule has 1 aliphatic heterocycles.